The SMILES string of the molecule is CCS(=O)C1CCCC(NC(=NC)NCC2CCN(C3CC3)C2)C1. The van der Waals surface area contributed by atoms with Gasteiger partial charge in [0.1, 0.15) is 0 Å². The highest BCUT2D eigenvalue weighted by Gasteiger charge is 2.34. The molecule has 1 saturated heterocycles. The predicted molar refractivity (Wildman–Crippen MR) is 102 cm³/mol. The standard InChI is InChI=1S/C18H34N4OS/c1-3-24(23)17-6-4-5-15(11-17)21-18(19-2)20-12-14-9-10-22(13-14)16-7-8-16/h14-17H,3-13H2,1-2H3,(H2,19,20,21). The molecule has 1 heterocycles. The summed E-state index contributed by atoms with van der Waals surface area (Å²) in [5.74, 6) is 2.45. The first kappa shape index (κ1) is 18.2. The van der Waals surface area contributed by atoms with Gasteiger partial charge in [-0.05, 0) is 51.0 Å². The maximum absolute atomic E-state index is 12.1. The molecule has 0 bridgehead atoms. The van der Waals surface area contributed by atoms with Crippen molar-refractivity contribution < 1.29 is 4.21 Å². The van der Waals surface area contributed by atoms with Crippen LogP contribution in [0.15, 0.2) is 4.99 Å². The van der Waals surface area contributed by atoms with Crippen LogP contribution in [0.5, 0.6) is 0 Å². The van der Waals surface area contributed by atoms with Crippen molar-refractivity contribution >= 4 is 16.8 Å². The second-order valence-corrected chi connectivity index (χ2v) is 9.64. The summed E-state index contributed by atoms with van der Waals surface area (Å²) in [6, 6.07) is 1.31. The Morgan fingerprint density at radius 3 is 2.79 bits per heavy atom. The molecule has 6 heteroatoms. The topological polar surface area (TPSA) is 56.7 Å². The first-order chi connectivity index (χ1) is 11.7. The Kier molecular flexibility index (Phi) is 6.56. The molecule has 3 rings (SSSR count). The van der Waals surface area contributed by atoms with Gasteiger partial charge >= 0.3 is 0 Å². The molecule has 4 atom stereocenters. The van der Waals surface area contributed by atoms with Crippen LogP contribution in [0.4, 0.5) is 0 Å². The molecule has 4 unspecified atom stereocenters. The molecule has 2 saturated carbocycles. The average molecular weight is 355 g/mol. The molecule has 3 fully saturated rings. The van der Waals surface area contributed by atoms with E-state index in [-0.39, 0.29) is 0 Å². The van der Waals surface area contributed by atoms with E-state index in [9.17, 15) is 4.21 Å². The van der Waals surface area contributed by atoms with Crippen LogP contribution in [0.25, 0.3) is 0 Å². The summed E-state index contributed by atoms with van der Waals surface area (Å²) < 4.78 is 12.1. The van der Waals surface area contributed by atoms with Crippen LogP contribution in [0.2, 0.25) is 0 Å². The van der Waals surface area contributed by atoms with Gasteiger partial charge < -0.3 is 15.5 Å². The van der Waals surface area contributed by atoms with Crippen molar-refractivity contribution in [3.05, 3.63) is 0 Å². The lowest BCUT2D eigenvalue weighted by atomic mass is 9.95. The fourth-order valence-corrected chi connectivity index (χ4v) is 5.53. The second-order valence-electron chi connectivity index (χ2n) is 7.63. The molecule has 2 N–H and O–H groups in total. The predicted octanol–water partition coefficient (Wildman–Crippen LogP) is 1.72. The number of nitrogens with zero attached hydrogens (tertiary/aromatic N) is 2. The number of hydrogen-bond donors (Lipinski definition) is 2. The summed E-state index contributed by atoms with van der Waals surface area (Å²) >= 11 is 0. The van der Waals surface area contributed by atoms with Crippen LogP contribution in [0.1, 0.15) is 51.9 Å². The fraction of sp³-hybridized carbons (Fsp3) is 0.944. The zero-order chi connectivity index (χ0) is 16.9. The number of nitrogens with one attached hydrogen (secondary N) is 2. The molecule has 24 heavy (non-hydrogen) atoms. The molecule has 2 aliphatic carbocycles. The number of guanidine groups is 1. The molecule has 0 radical (unpaired) electrons. The molecule has 3 aliphatic rings. The van der Waals surface area contributed by atoms with E-state index in [1.807, 2.05) is 14.0 Å². The highest BCUT2D eigenvalue weighted by atomic mass is 32.2. The molecular formula is C18H34N4OS. The number of likely N-dealkylation sites (tertiary alicyclic amines) is 1. The number of hydrogen-bond acceptors (Lipinski definition) is 3. The minimum absolute atomic E-state index is 0.362. The van der Waals surface area contributed by atoms with Crippen LogP contribution in [-0.2, 0) is 10.8 Å². The molecule has 0 spiro atoms. The number of rotatable bonds is 6. The van der Waals surface area contributed by atoms with E-state index < -0.39 is 10.8 Å². The molecular weight excluding hydrogens is 320 g/mol. The molecule has 0 aromatic rings. The molecule has 5 nitrogen and oxygen atoms in total. The Morgan fingerprint density at radius 2 is 2.08 bits per heavy atom. The third-order valence-electron chi connectivity index (χ3n) is 5.79. The van der Waals surface area contributed by atoms with Gasteiger partial charge in [-0.15, -0.1) is 0 Å². The molecule has 0 amide bonds. The maximum Gasteiger partial charge on any atom is 0.191 e. The zero-order valence-electron chi connectivity index (χ0n) is 15.3. The van der Waals surface area contributed by atoms with Crippen molar-refractivity contribution in [1.29, 1.82) is 0 Å². The summed E-state index contributed by atoms with van der Waals surface area (Å²) in [7, 11) is 1.19. The van der Waals surface area contributed by atoms with E-state index >= 15 is 0 Å². The van der Waals surface area contributed by atoms with Crippen LogP contribution in [-0.4, -0.2) is 64.8 Å². The van der Waals surface area contributed by atoms with Crippen molar-refractivity contribution in [3.63, 3.8) is 0 Å². The summed E-state index contributed by atoms with van der Waals surface area (Å²) in [4.78, 5) is 7.07. The Balaban J connectivity index is 1.40. The van der Waals surface area contributed by atoms with Gasteiger partial charge in [0.05, 0.1) is 0 Å². The summed E-state index contributed by atoms with van der Waals surface area (Å²) in [5, 5.41) is 7.47. The second kappa shape index (κ2) is 8.65. The van der Waals surface area contributed by atoms with Crippen LogP contribution < -0.4 is 10.6 Å². The van der Waals surface area contributed by atoms with Gasteiger partial charge in [0, 0.05) is 54.0 Å². The first-order valence-corrected chi connectivity index (χ1v) is 11.2. The van der Waals surface area contributed by atoms with E-state index in [1.54, 1.807) is 0 Å². The smallest absolute Gasteiger partial charge is 0.191 e. The van der Waals surface area contributed by atoms with Gasteiger partial charge in [-0.2, -0.15) is 0 Å². The zero-order valence-corrected chi connectivity index (χ0v) is 16.1. The highest BCUT2D eigenvalue weighted by molar-refractivity contribution is 7.85. The normalized spacial score (nSPS) is 33.4. The van der Waals surface area contributed by atoms with E-state index in [4.69, 9.17) is 0 Å². The largest absolute Gasteiger partial charge is 0.356 e. The fourth-order valence-electron chi connectivity index (χ4n) is 4.18. The van der Waals surface area contributed by atoms with Gasteiger partial charge in [0.2, 0.25) is 0 Å². The van der Waals surface area contributed by atoms with Gasteiger partial charge in [-0.25, -0.2) is 0 Å². The van der Waals surface area contributed by atoms with E-state index in [2.05, 4.69) is 20.5 Å². The Labute approximate surface area is 149 Å². The van der Waals surface area contributed by atoms with Gasteiger partial charge in [-0.3, -0.25) is 9.20 Å². The lowest BCUT2D eigenvalue weighted by Gasteiger charge is -2.30. The maximum atomic E-state index is 12.1. The van der Waals surface area contributed by atoms with Crippen molar-refractivity contribution in [1.82, 2.24) is 15.5 Å². The Bertz CT molecular complexity index is 466. The Hall–Kier alpha value is -0.620. The van der Waals surface area contributed by atoms with Crippen LogP contribution in [0.3, 0.4) is 0 Å². The van der Waals surface area contributed by atoms with Gasteiger partial charge in [0.25, 0.3) is 0 Å². The quantitative estimate of drug-likeness (QED) is 0.563. The van der Waals surface area contributed by atoms with E-state index in [0.717, 1.165) is 49.5 Å². The molecule has 138 valence electrons. The van der Waals surface area contributed by atoms with E-state index in [0.29, 0.717) is 11.3 Å². The monoisotopic (exact) mass is 354 g/mol. The molecule has 0 aromatic heterocycles. The van der Waals surface area contributed by atoms with Crippen LogP contribution in [0, 0.1) is 5.92 Å². The minimum Gasteiger partial charge on any atom is -0.356 e. The Morgan fingerprint density at radius 1 is 1.25 bits per heavy atom. The molecule has 0 aromatic carbocycles. The summed E-state index contributed by atoms with van der Waals surface area (Å²) in [6.45, 7) is 5.56. The minimum atomic E-state index is -0.665. The van der Waals surface area contributed by atoms with Crippen LogP contribution >= 0.6 is 0 Å². The van der Waals surface area contributed by atoms with Crippen molar-refractivity contribution in [3.8, 4) is 0 Å². The molecule has 1 aliphatic heterocycles. The number of aliphatic imine (C=N–C) groups is 1. The summed E-state index contributed by atoms with van der Waals surface area (Å²) in [5.41, 5.74) is 0. The van der Waals surface area contributed by atoms with Crippen molar-refractivity contribution in [2.24, 2.45) is 10.9 Å². The lowest BCUT2D eigenvalue weighted by Crippen LogP contribution is -2.47. The van der Waals surface area contributed by atoms with E-state index in [1.165, 1.54) is 38.8 Å². The first-order valence-electron chi connectivity index (χ1n) is 9.78. The average Bonchev–Trinajstić information content (AvgIpc) is 3.36. The highest BCUT2D eigenvalue weighted by Crippen LogP contribution is 2.31. The van der Waals surface area contributed by atoms with Crippen molar-refractivity contribution in [2.75, 3.05) is 32.4 Å². The lowest BCUT2D eigenvalue weighted by molar-refractivity contribution is 0.314. The summed E-state index contributed by atoms with van der Waals surface area (Å²) in [6.07, 6.45) is 8.59. The van der Waals surface area contributed by atoms with Gasteiger partial charge in [-0.1, -0.05) is 13.3 Å². The van der Waals surface area contributed by atoms with Crippen molar-refractivity contribution in [2.45, 2.75) is 69.2 Å². The third-order valence-corrected chi connectivity index (χ3v) is 7.53. The third kappa shape index (κ3) is 4.94. The van der Waals surface area contributed by atoms with Gasteiger partial charge in [0.15, 0.2) is 5.96 Å².